The van der Waals surface area contributed by atoms with E-state index in [0.717, 1.165) is 16.7 Å². The Labute approximate surface area is 89.3 Å². The first-order valence-electron chi connectivity index (χ1n) is 4.16. The molecule has 0 aliphatic carbocycles. The topological polar surface area (TPSA) is 72.2 Å². The number of nitrogens with zero attached hydrogens (tertiary/aromatic N) is 4. The van der Waals surface area contributed by atoms with Gasteiger partial charge in [0.15, 0.2) is 0 Å². The summed E-state index contributed by atoms with van der Waals surface area (Å²) in [5.74, 6) is 0.698. The molecule has 6 nitrogen and oxygen atoms in total. The Bertz CT molecular complexity index is 522. The summed E-state index contributed by atoms with van der Waals surface area (Å²) in [4.78, 5) is 20.7. The Morgan fingerprint density at radius 3 is 2.80 bits per heavy atom. The number of nitro groups is 1. The molecular weight excluding hydrogens is 216 g/mol. The Kier molecular flexibility index (Phi) is 2.24. The van der Waals surface area contributed by atoms with Crippen LogP contribution in [0.4, 0.5) is 10.8 Å². The Balaban J connectivity index is 2.69. The summed E-state index contributed by atoms with van der Waals surface area (Å²) in [6.07, 6.45) is 1.41. The molecule has 2 rings (SSSR count). The fraction of sp³-hybridized carbons (Fsp3) is 0.250. The van der Waals surface area contributed by atoms with Crippen molar-refractivity contribution >= 4 is 32.4 Å². The van der Waals surface area contributed by atoms with Crippen LogP contribution in [0.5, 0.6) is 0 Å². The summed E-state index contributed by atoms with van der Waals surface area (Å²) < 4.78 is 0. The smallest absolute Gasteiger partial charge is 0.326 e. The van der Waals surface area contributed by atoms with E-state index in [9.17, 15) is 10.1 Å². The predicted octanol–water partition coefficient (Wildman–Crippen LogP) is 1.67. The number of anilines is 1. The lowest BCUT2D eigenvalue weighted by Gasteiger charge is -2.10. The van der Waals surface area contributed by atoms with Crippen molar-refractivity contribution in [1.29, 1.82) is 0 Å². The van der Waals surface area contributed by atoms with Crippen LogP contribution in [0.15, 0.2) is 12.4 Å². The van der Waals surface area contributed by atoms with Crippen molar-refractivity contribution in [2.45, 2.75) is 0 Å². The van der Waals surface area contributed by atoms with Crippen LogP contribution < -0.4 is 4.90 Å². The molecule has 0 saturated heterocycles. The maximum atomic E-state index is 10.6. The van der Waals surface area contributed by atoms with Crippen molar-refractivity contribution in [3.63, 3.8) is 0 Å². The van der Waals surface area contributed by atoms with Crippen molar-refractivity contribution < 1.29 is 4.92 Å². The molecular formula is C8H8N4O2S. The Morgan fingerprint density at radius 1 is 1.47 bits per heavy atom. The van der Waals surface area contributed by atoms with Gasteiger partial charge in [-0.1, -0.05) is 0 Å². The van der Waals surface area contributed by atoms with Crippen molar-refractivity contribution in [2.75, 3.05) is 19.0 Å². The van der Waals surface area contributed by atoms with E-state index >= 15 is 0 Å². The Hall–Kier alpha value is -1.76. The van der Waals surface area contributed by atoms with Crippen molar-refractivity contribution in [3.05, 3.63) is 22.5 Å². The zero-order valence-corrected chi connectivity index (χ0v) is 8.98. The fourth-order valence-corrected chi connectivity index (χ4v) is 2.09. The third-order valence-electron chi connectivity index (χ3n) is 1.90. The maximum Gasteiger partial charge on any atom is 0.326 e. The monoisotopic (exact) mass is 224 g/mol. The Morgan fingerprint density at radius 2 is 2.20 bits per heavy atom. The van der Waals surface area contributed by atoms with Gasteiger partial charge in [-0.3, -0.25) is 10.1 Å². The summed E-state index contributed by atoms with van der Waals surface area (Å²) >= 11 is 1.06. The molecule has 2 aromatic rings. The van der Waals surface area contributed by atoms with Gasteiger partial charge >= 0.3 is 5.00 Å². The fourth-order valence-electron chi connectivity index (χ4n) is 1.28. The number of hydrogen-bond acceptors (Lipinski definition) is 6. The summed E-state index contributed by atoms with van der Waals surface area (Å²) in [7, 11) is 3.68. The maximum absolute atomic E-state index is 10.6. The molecule has 2 aromatic heterocycles. The van der Waals surface area contributed by atoms with Gasteiger partial charge in [0.05, 0.1) is 10.3 Å². The lowest BCUT2D eigenvalue weighted by atomic mass is 10.3. The molecule has 0 aliphatic rings. The molecule has 0 bridgehead atoms. The van der Waals surface area contributed by atoms with Crippen LogP contribution in [0.1, 0.15) is 0 Å². The van der Waals surface area contributed by atoms with Crippen LogP contribution in [0.25, 0.3) is 10.2 Å². The number of fused-ring (bicyclic) bond motifs is 1. The number of aromatic nitrogens is 2. The molecule has 0 unspecified atom stereocenters. The molecule has 7 heteroatoms. The van der Waals surface area contributed by atoms with Gasteiger partial charge in [0.1, 0.15) is 17.0 Å². The van der Waals surface area contributed by atoms with Crippen LogP contribution in [-0.2, 0) is 0 Å². The van der Waals surface area contributed by atoms with Crippen LogP contribution in [0.2, 0.25) is 0 Å². The normalized spacial score (nSPS) is 10.5. The SMILES string of the molecule is CN(C)c1ncnc2sc([N+](=O)[O-])cc12. The molecule has 0 spiro atoms. The van der Waals surface area contributed by atoms with E-state index in [0.29, 0.717) is 10.6 Å². The standard InChI is InChI=1S/C8H8N4O2S/c1-11(2)7-5-3-6(12(13)14)15-8(5)10-4-9-7/h3-4H,1-2H3. The summed E-state index contributed by atoms with van der Waals surface area (Å²) in [5.41, 5.74) is 0. The van der Waals surface area contributed by atoms with Gasteiger partial charge in [0, 0.05) is 20.2 Å². The number of rotatable bonds is 2. The lowest BCUT2D eigenvalue weighted by molar-refractivity contribution is -0.380. The van der Waals surface area contributed by atoms with Crippen molar-refractivity contribution in [1.82, 2.24) is 9.97 Å². The average Bonchev–Trinajstić information content (AvgIpc) is 2.60. The molecule has 0 fully saturated rings. The van der Waals surface area contributed by atoms with Gasteiger partial charge in [0.25, 0.3) is 0 Å². The van der Waals surface area contributed by atoms with E-state index in [2.05, 4.69) is 9.97 Å². The average molecular weight is 224 g/mol. The van der Waals surface area contributed by atoms with Gasteiger partial charge in [0.2, 0.25) is 0 Å². The first kappa shape index (κ1) is 9.78. The molecule has 0 amide bonds. The number of thiophene rings is 1. The molecule has 78 valence electrons. The van der Waals surface area contributed by atoms with Crippen LogP contribution in [0.3, 0.4) is 0 Å². The highest BCUT2D eigenvalue weighted by Crippen LogP contribution is 2.33. The summed E-state index contributed by atoms with van der Waals surface area (Å²) in [6.45, 7) is 0. The second kappa shape index (κ2) is 3.43. The first-order chi connectivity index (χ1) is 7.09. The first-order valence-corrected chi connectivity index (χ1v) is 4.97. The van der Waals surface area contributed by atoms with Crippen molar-refractivity contribution in [3.8, 4) is 0 Å². The van der Waals surface area contributed by atoms with Gasteiger partial charge in [-0.05, 0) is 11.3 Å². The minimum atomic E-state index is -0.411. The van der Waals surface area contributed by atoms with Crippen LogP contribution in [-0.4, -0.2) is 29.0 Å². The summed E-state index contributed by atoms with van der Waals surface area (Å²) in [5, 5.41) is 11.4. The van der Waals surface area contributed by atoms with E-state index in [1.807, 2.05) is 14.1 Å². The molecule has 0 N–H and O–H groups in total. The molecule has 15 heavy (non-hydrogen) atoms. The highest BCUT2D eigenvalue weighted by atomic mass is 32.1. The minimum absolute atomic E-state index is 0.0913. The number of hydrogen-bond donors (Lipinski definition) is 0. The van der Waals surface area contributed by atoms with Gasteiger partial charge < -0.3 is 4.90 Å². The third kappa shape index (κ3) is 1.61. The molecule has 0 aliphatic heterocycles. The predicted molar refractivity (Wildman–Crippen MR) is 58.4 cm³/mol. The van der Waals surface area contributed by atoms with Crippen LogP contribution >= 0.6 is 11.3 Å². The zero-order valence-electron chi connectivity index (χ0n) is 8.17. The van der Waals surface area contributed by atoms with Gasteiger partial charge in [-0.25, -0.2) is 9.97 Å². The van der Waals surface area contributed by atoms with E-state index in [-0.39, 0.29) is 5.00 Å². The molecule has 0 aromatic carbocycles. The van der Waals surface area contributed by atoms with Crippen molar-refractivity contribution in [2.24, 2.45) is 0 Å². The summed E-state index contributed by atoms with van der Waals surface area (Å²) in [6, 6.07) is 1.51. The molecule has 2 heterocycles. The zero-order chi connectivity index (χ0) is 11.0. The molecule has 0 saturated carbocycles. The second-order valence-electron chi connectivity index (χ2n) is 3.15. The second-order valence-corrected chi connectivity index (χ2v) is 4.16. The minimum Gasteiger partial charge on any atom is -0.362 e. The highest BCUT2D eigenvalue weighted by Gasteiger charge is 2.16. The largest absolute Gasteiger partial charge is 0.362 e. The third-order valence-corrected chi connectivity index (χ3v) is 2.89. The molecule has 0 radical (unpaired) electrons. The quantitative estimate of drug-likeness (QED) is 0.573. The lowest BCUT2D eigenvalue weighted by Crippen LogP contribution is -2.10. The van der Waals surface area contributed by atoms with E-state index < -0.39 is 4.92 Å². The van der Waals surface area contributed by atoms with Gasteiger partial charge in [-0.2, -0.15) is 0 Å². The van der Waals surface area contributed by atoms with E-state index in [4.69, 9.17) is 0 Å². The van der Waals surface area contributed by atoms with Crippen LogP contribution in [0, 0.1) is 10.1 Å². The van der Waals surface area contributed by atoms with E-state index in [1.165, 1.54) is 12.4 Å². The highest BCUT2D eigenvalue weighted by molar-refractivity contribution is 7.21. The van der Waals surface area contributed by atoms with E-state index in [1.54, 1.807) is 4.90 Å². The molecule has 0 atom stereocenters. The van der Waals surface area contributed by atoms with Gasteiger partial charge in [-0.15, -0.1) is 0 Å².